The summed E-state index contributed by atoms with van der Waals surface area (Å²) in [5.41, 5.74) is 6.60. The van der Waals surface area contributed by atoms with Crippen LogP contribution in [-0.2, 0) is 0 Å². The molecular weight excluding hydrogens is 344 g/mol. The largest absolute Gasteiger partial charge is 0.508 e. The lowest BCUT2D eigenvalue weighted by molar-refractivity contribution is 0.475. The molecule has 2 N–H and O–H groups in total. The van der Waals surface area contributed by atoms with Crippen LogP contribution >= 0.6 is 0 Å². The second kappa shape index (κ2) is 7.62. The molecule has 3 nitrogen and oxygen atoms in total. The van der Waals surface area contributed by atoms with Crippen molar-refractivity contribution in [2.24, 2.45) is 4.99 Å². The predicted molar refractivity (Wildman–Crippen MR) is 116 cm³/mol. The van der Waals surface area contributed by atoms with E-state index in [1.54, 1.807) is 12.1 Å². The van der Waals surface area contributed by atoms with Gasteiger partial charge in [-0.1, -0.05) is 49.4 Å². The number of aryl methyl sites for hydroxylation is 1. The molecule has 1 unspecified atom stereocenters. The Balaban J connectivity index is 1.58. The molecule has 0 spiro atoms. The second-order valence-corrected chi connectivity index (χ2v) is 6.95. The van der Waals surface area contributed by atoms with Crippen molar-refractivity contribution < 1.29 is 5.11 Å². The van der Waals surface area contributed by atoms with Crippen molar-refractivity contribution in [1.82, 2.24) is 0 Å². The smallest absolute Gasteiger partial charge is 0.126 e. The monoisotopic (exact) mass is 366 g/mol. The molecule has 1 heterocycles. The van der Waals surface area contributed by atoms with E-state index < -0.39 is 0 Å². The summed E-state index contributed by atoms with van der Waals surface area (Å²) in [6, 6.07) is 25.9. The van der Waals surface area contributed by atoms with Crippen LogP contribution in [0.3, 0.4) is 0 Å². The summed E-state index contributed by atoms with van der Waals surface area (Å²) in [7, 11) is 0. The quantitative estimate of drug-likeness (QED) is 0.626. The summed E-state index contributed by atoms with van der Waals surface area (Å²) in [5, 5.41) is 12.9. The standard InChI is InChI=1S/C25H22N2O/c1-3-24-23(16-25(27-24)26-20-7-5-4-6-8-20)19-11-9-18(10-12-19)22-14-13-21(28)15-17(22)2/h4-5,7,9-16,24,28H,3H2,1-2H3,(H,26,27). The molecule has 3 heteroatoms. The maximum Gasteiger partial charge on any atom is 0.126 e. The van der Waals surface area contributed by atoms with Crippen LogP contribution in [0.1, 0.15) is 24.5 Å². The van der Waals surface area contributed by atoms with Gasteiger partial charge in [0.1, 0.15) is 11.6 Å². The van der Waals surface area contributed by atoms with Crippen LogP contribution in [0.15, 0.2) is 71.7 Å². The molecule has 3 aromatic carbocycles. The van der Waals surface area contributed by atoms with Crippen LogP contribution in [0.2, 0.25) is 0 Å². The maximum absolute atomic E-state index is 9.63. The minimum absolute atomic E-state index is 0.149. The van der Waals surface area contributed by atoms with E-state index in [2.05, 4.69) is 54.7 Å². The number of phenols is 1. The number of rotatable bonds is 4. The third-order valence-corrected chi connectivity index (χ3v) is 4.98. The SMILES string of the molecule is CCC1N=C(Nc2c#cccc2)C=C1c1ccc(-c2ccc(O)cc2C)cc1. The lowest BCUT2D eigenvalue weighted by Gasteiger charge is -2.12. The normalized spacial score (nSPS) is 15.6. The van der Waals surface area contributed by atoms with Gasteiger partial charge in [0, 0.05) is 0 Å². The Kier molecular flexibility index (Phi) is 4.87. The number of amidine groups is 1. The summed E-state index contributed by atoms with van der Waals surface area (Å²) in [5.74, 6) is 1.15. The van der Waals surface area contributed by atoms with Crippen molar-refractivity contribution in [2.45, 2.75) is 26.3 Å². The second-order valence-electron chi connectivity index (χ2n) is 6.95. The van der Waals surface area contributed by atoms with Gasteiger partial charge in [0.25, 0.3) is 0 Å². The van der Waals surface area contributed by atoms with Gasteiger partial charge in [0.05, 0.1) is 11.7 Å². The minimum Gasteiger partial charge on any atom is -0.508 e. The first-order chi connectivity index (χ1) is 13.6. The van der Waals surface area contributed by atoms with Crippen molar-refractivity contribution in [3.63, 3.8) is 0 Å². The van der Waals surface area contributed by atoms with E-state index in [4.69, 9.17) is 4.99 Å². The Labute approximate surface area is 166 Å². The van der Waals surface area contributed by atoms with Gasteiger partial charge in [-0.25, -0.2) is 0 Å². The third-order valence-electron chi connectivity index (χ3n) is 4.98. The van der Waals surface area contributed by atoms with Gasteiger partial charge in [-0.15, -0.1) is 0 Å². The third kappa shape index (κ3) is 3.63. The fraction of sp³-hybridized carbons (Fsp3) is 0.160. The molecule has 28 heavy (non-hydrogen) atoms. The van der Waals surface area contributed by atoms with Gasteiger partial charge < -0.3 is 10.4 Å². The fourth-order valence-electron chi connectivity index (χ4n) is 3.55. The molecule has 138 valence electrons. The van der Waals surface area contributed by atoms with E-state index in [9.17, 15) is 5.11 Å². The topological polar surface area (TPSA) is 44.6 Å². The van der Waals surface area contributed by atoms with Crippen LogP contribution < -0.4 is 5.32 Å². The number of phenolic OH excluding ortho intramolecular Hbond substituents is 1. The minimum atomic E-state index is 0.149. The Morgan fingerprint density at radius 1 is 1.07 bits per heavy atom. The number of aromatic hydroxyl groups is 1. The molecule has 0 fully saturated rings. The molecule has 0 amide bonds. The average molecular weight is 366 g/mol. The number of anilines is 1. The van der Waals surface area contributed by atoms with Crippen molar-refractivity contribution in [1.29, 1.82) is 0 Å². The van der Waals surface area contributed by atoms with Crippen LogP contribution in [0, 0.1) is 19.1 Å². The van der Waals surface area contributed by atoms with Gasteiger partial charge in [-0.3, -0.25) is 4.99 Å². The molecule has 0 saturated carbocycles. The van der Waals surface area contributed by atoms with Gasteiger partial charge in [0.15, 0.2) is 0 Å². The molecule has 3 aromatic rings. The molecule has 0 saturated heterocycles. The van der Waals surface area contributed by atoms with Crippen molar-refractivity contribution in [3.8, 4) is 16.9 Å². The van der Waals surface area contributed by atoms with E-state index >= 15 is 0 Å². The maximum atomic E-state index is 9.63. The first-order valence-corrected chi connectivity index (χ1v) is 9.49. The lowest BCUT2D eigenvalue weighted by Crippen LogP contribution is -2.07. The number of hydrogen-bond donors (Lipinski definition) is 2. The van der Waals surface area contributed by atoms with Gasteiger partial charge >= 0.3 is 0 Å². The molecule has 0 radical (unpaired) electrons. The van der Waals surface area contributed by atoms with Crippen LogP contribution in [0.5, 0.6) is 5.75 Å². The molecule has 0 aromatic heterocycles. The first-order valence-electron chi connectivity index (χ1n) is 9.49. The molecule has 1 aliphatic rings. The number of nitrogens with one attached hydrogen (secondary N) is 1. The molecule has 0 aliphatic carbocycles. The molecular formula is C25H22N2O. The molecule has 0 bridgehead atoms. The average Bonchev–Trinajstić information content (AvgIpc) is 3.12. The highest BCUT2D eigenvalue weighted by molar-refractivity contribution is 6.11. The summed E-state index contributed by atoms with van der Waals surface area (Å²) in [6.07, 6.45) is 3.07. The van der Waals surface area contributed by atoms with E-state index in [-0.39, 0.29) is 6.04 Å². The zero-order valence-electron chi connectivity index (χ0n) is 16.0. The zero-order valence-corrected chi connectivity index (χ0v) is 16.0. The Morgan fingerprint density at radius 3 is 2.54 bits per heavy atom. The first kappa shape index (κ1) is 17.9. The number of hydrogen-bond acceptors (Lipinski definition) is 3. The molecule has 1 aliphatic heterocycles. The lowest BCUT2D eigenvalue weighted by atomic mass is 9.94. The number of benzene rings is 2. The van der Waals surface area contributed by atoms with Crippen molar-refractivity contribution in [3.05, 3.63) is 90.0 Å². The van der Waals surface area contributed by atoms with Crippen LogP contribution in [-0.4, -0.2) is 17.0 Å². The van der Waals surface area contributed by atoms with E-state index in [1.165, 1.54) is 11.1 Å². The van der Waals surface area contributed by atoms with E-state index in [0.717, 1.165) is 34.6 Å². The van der Waals surface area contributed by atoms with Gasteiger partial charge in [0.2, 0.25) is 0 Å². The molecule has 1 atom stereocenters. The predicted octanol–water partition coefficient (Wildman–Crippen LogP) is 5.65. The highest BCUT2D eigenvalue weighted by Crippen LogP contribution is 2.31. The fourth-order valence-corrected chi connectivity index (χ4v) is 3.55. The summed E-state index contributed by atoms with van der Waals surface area (Å²) in [4.78, 5) is 4.82. The highest BCUT2D eigenvalue weighted by Gasteiger charge is 2.20. The van der Waals surface area contributed by atoms with Gasteiger partial charge in [-0.2, -0.15) is 0 Å². The van der Waals surface area contributed by atoms with E-state index in [1.807, 2.05) is 31.2 Å². The zero-order chi connectivity index (χ0) is 19.5. The summed E-state index contributed by atoms with van der Waals surface area (Å²) >= 11 is 0. The van der Waals surface area contributed by atoms with Crippen LogP contribution in [0.4, 0.5) is 5.69 Å². The van der Waals surface area contributed by atoms with Crippen LogP contribution in [0.25, 0.3) is 16.7 Å². The molecule has 4 rings (SSSR count). The highest BCUT2D eigenvalue weighted by atomic mass is 16.3. The van der Waals surface area contributed by atoms with Crippen molar-refractivity contribution >= 4 is 17.1 Å². The summed E-state index contributed by atoms with van der Waals surface area (Å²) < 4.78 is 0. The van der Waals surface area contributed by atoms with E-state index in [0.29, 0.717) is 5.75 Å². The Bertz CT molecular complexity index is 1030. The summed E-state index contributed by atoms with van der Waals surface area (Å²) in [6.45, 7) is 4.17. The van der Waals surface area contributed by atoms with Gasteiger partial charge in [-0.05, 0) is 77.6 Å². The number of nitrogens with zero attached hydrogens (tertiary/aromatic N) is 1. The van der Waals surface area contributed by atoms with Crippen molar-refractivity contribution in [2.75, 3.05) is 5.32 Å². The Morgan fingerprint density at radius 2 is 1.86 bits per heavy atom. The number of aliphatic imine (C=N–C) groups is 1. The Hall–Kier alpha value is -3.51.